The third-order valence-electron chi connectivity index (χ3n) is 3.40. The SMILES string of the molecule is COC(=O)c1ccc(N)c(NCC(C)(C)N(C)C)c1. The number of likely N-dealkylation sites (N-methyl/N-ethyl adjacent to an activating group) is 1. The molecule has 19 heavy (non-hydrogen) atoms. The molecule has 0 radical (unpaired) electrons. The number of hydrogen-bond acceptors (Lipinski definition) is 5. The van der Waals surface area contributed by atoms with Crippen molar-refractivity contribution in [1.29, 1.82) is 0 Å². The number of carbonyl (C=O) groups excluding carboxylic acids is 1. The minimum Gasteiger partial charge on any atom is -0.465 e. The van der Waals surface area contributed by atoms with Crippen LogP contribution < -0.4 is 11.1 Å². The van der Waals surface area contributed by atoms with Crippen molar-refractivity contribution >= 4 is 17.3 Å². The molecule has 0 unspecified atom stereocenters. The highest BCUT2D eigenvalue weighted by Gasteiger charge is 2.20. The molecule has 5 heteroatoms. The third kappa shape index (κ3) is 3.86. The van der Waals surface area contributed by atoms with E-state index in [1.54, 1.807) is 18.2 Å². The van der Waals surface area contributed by atoms with E-state index in [1.807, 2.05) is 14.1 Å². The molecule has 0 atom stereocenters. The van der Waals surface area contributed by atoms with Crippen LogP contribution in [0.2, 0.25) is 0 Å². The second-order valence-corrected chi connectivity index (χ2v) is 5.35. The first-order valence-electron chi connectivity index (χ1n) is 6.17. The molecule has 1 rings (SSSR count). The first-order chi connectivity index (χ1) is 8.77. The molecule has 0 aliphatic rings. The molecule has 0 aromatic heterocycles. The molecule has 106 valence electrons. The van der Waals surface area contributed by atoms with Gasteiger partial charge in [-0.2, -0.15) is 0 Å². The summed E-state index contributed by atoms with van der Waals surface area (Å²) < 4.78 is 4.70. The van der Waals surface area contributed by atoms with E-state index in [4.69, 9.17) is 10.5 Å². The van der Waals surface area contributed by atoms with Crippen molar-refractivity contribution in [2.24, 2.45) is 0 Å². The number of benzene rings is 1. The Balaban J connectivity index is 2.86. The number of ether oxygens (including phenoxy) is 1. The van der Waals surface area contributed by atoms with Gasteiger partial charge >= 0.3 is 5.97 Å². The molecule has 1 aromatic carbocycles. The summed E-state index contributed by atoms with van der Waals surface area (Å²) in [4.78, 5) is 13.6. The maximum Gasteiger partial charge on any atom is 0.337 e. The lowest BCUT2D eigenvalue weighted by Crippen LogP contribution is -2.44. The molecular formula is C14H23N3O2. The Kier molecular flexibility index (Phi) is 4.78. The summed E-state index contributed by atoms with van der Waals surface area (Å²) in [6.45, 7) is 4.97. The van der Waals surface area contributed by atoms with Crippen LogP contribution >= 0.6 is 0 Å². The summed E-state index contributed by atoms with van der Waals surface area (Å²) >= 11 is 0. The number of nitrogen functional groups attached to an aromatic ring is 1. The number of hydrogen-bond donors (Lipinski definition) is 2. The van der Waals surface area contributed by atoms with Crippen LogP contribution in [0.15, 0.2) is 18.2 Å². The van der Waals surface area contributed by atoms with Gasteiger partial charge in [-0.05, 0) is 46.1 Å². The molecule has 1 aromatic rings. The van der Waals surface area contributed by atoms with E-state index in [2.05, 4.69) is 24.1 Å². The van der Waals surface area contributed by atoms with Crippen molar-refractivity contribution in [3.63, 3.8) is 0 Å². The van der Waals surface area contributed by atoms with Crippen molar-refractivity contribution < 1.29 is 9.53 Å². The van der Waals surface area contributed by atoms with E-state index in [-0.39, 0.29) is 11.5 Å². The predicted octanol–water partition coefficient (Wildman–Crippen LogP) is 1.81. The Morgan fingerprint density at radius 1 is 1.42 bits per heavy atom. The molecule has 0 aliphatic carbocycles. The summed E-state index contributed by atoms with van der Waals surface area (Å²) in [5, 5.41) is 3.28. The van der Waals surface area contributed by atoms with E-state index >= 15 is 0 Å². The van der Waals surface area contributed by atoms with E-state index in [0.717, 1.165) is 12.2 Å². The first-order valence-corrected chi connectivity index (χ1v) is 6.17. The van der Waals surface area contributed by atoms with Gasteiger partial charge in [0.15, 0.2) is 0 Å². The zero-order chi connectivity index (χ0) is 14.6. The number of nitrogens with zero attached hydrogens (tertiary/aromatic N) is 1. The largest absolute Gasteiger partial charge is 0.465 e. The van der Waals surface area contributed by atoms with Crippen LogP contribution in [0.4, 0.5) is 11.4 Å². The number of esters is 1. The Hall–Kier alpha value is -1.75. The smallest absolute Gasteiger partial charge is 0.337 e. The maximum atomic E-state index is 11.5. The monoisotopic (exact) mass is 265 g/mol. The fourth-order valence-corrected chi connectivity index (χ4v) is 1.42. The Labute approximate surface area is 114 Å². The van der Waals surface area contributed by atoms with Crippen LogP contribution in [0.1, 0.15) is 24.2 Å². The highest BCUT2D eigenvalue weighted by atomic mass is 16.5. The van der Waals surface area contributed by atoms with Gasteiger partial charge in [-0.1, -0.05) is 0 Å². The van der Waals surface area contributed by atoms with Gasteiger partial charge in [0, 0.05) is 12.1 Å². The Morgan fingerprint density at radius 3 is 2.58 bits per heavy atom. The summed E-state index contributed by atoms with van der Waals surface area (Å²) in [5.41, 5.74) is 7.74. The van der Waals surface area contributed by atoms with Crippen LogP contribution in [-0.2, 0) is 4.74 Å². The third-order valence-corrected chi connectivity index (χ3v) is 3.40. The molecule has 0 saturated heterocycles. The van der Waals surface area contributed by atoms with Crippen LogP contribution in [0.3, 0.4) is 0 Å². The van der Waals surface area contributed by atoms with E-state index in [9.17, 15) is 4.79 Å². The van der Waals surface area contributed by atoms with Crippen molar-refractivity contribution in [3.8, 4) is 0 Å². The summed E-state index contributed by atoms with van der Waals surface area (Å²) in [6.07, 6.45) is 0. The van der Waals surface area contributed by atoms with Crippen molar-refractivity contribution in [2.45, 2.75) is 19.4 Å². The maximum absolute atomic E-state index is 11.5. The highest BCUT2D eigenvalue weighted by molar-refractivity contribution is 5.91. The van der Waals surface area contributed by atoms with Crippen molar-refractivity contribution in [1.82, 2.24) is 4.90 Å². The lowest BCUT2D eigenvalue weighted by molar-refractivity contribution is 0.0601. The molecule has 0 heterocycles. The topological polar surface area (TPSA) is 67.6 Å². The zero-order valence-electron chi connectivity index (χ0n) is 12.3. The summed E-state index contributed by atoms with van der Waals surface area (Å²) in [5.74, 6) is -0.366. The summed E-state index contributed by atoms with van der Waals surface area (Å²) in [6, 6.07) is 5.08. The standard InChI is InChI=1S/C14H23N3O2/c1-14(2,17(3)4)9-16-12-8-10(13(18)19-5)6-7-11(12)15/h6-8,16H,9,15H2,1-5H3. The molecule has 0 spiro atoms. The number of methoxy groups -OCH3 is 1. The number of carbonyl (C=O) groups is 1. The van der Waals surface area contributed by atoms with Gasteiger partial charge in [-0.3, -0.25) is 0 Å². The van der Waals surface area contributed by atoms with Crippen molar-refractivity contribution in [3.05, 3.63) is 23.8 Å². The van der Waals surface area contributed by atoms with Gasteiger partial charge in [0.25, 0.3) is 0 Å². The van der Waals surface area contributed by atoms with Gasteiger partial charge in [0.2, 0.25) is 0 Å². The second-order valence-electron chi connectivity index (χ2n) is 5.35. The lowest BCUT2D eigenvalue weighted by atomic mass is 10.0. The van der Waals surface area contributed by atoms with Crippen LogP contribution in [0, 0.1) is 0 Å². The zero-order valence-corrected chi connectivity index (χ0v) is 12.3. The molecule has 3 N–H and O–H groups in total. The Bertz CT molecular complexity index is 456. The van der Waals surface area contributed by atoms with E-state index in [0.29, 0.717) is 11.3 Å². The first kappa shape index (κ1) is 15.3. The van der Waals surface area contributed by atoms with Gasteiger partial charge in [0.05, 0.1) is 24.0 Å². The normalized spacial score (nSPS) is 11.5. The Morgan fingerprint density at radius 2 is 2.05 bits per heavy atom. The molecule has 5 nitrogen and oxygen atoms in total. The predicted molar refractivity (Wildman–Crippen MR) is 78.4 cm³/mol. The van der Waals surface area contributed by atoms with Crippen molar-refractivity contribution in [2.75, 3.05) is 38.8 Å². The average molecular weight is 265 g/mol. The summed E-state index contributed by atoms with van der Waals surface area (Å²) in [7, 11) is 5.41. The van der Waals surface area contributed by atoms with E-state index < -0.39 is 0 Å². The number of nitrogens with two attached hydrogens (primary N) is 1. The molecule has 0 saturated carbocycles. The average Bonchev–Trinajstić information content (AvgIpc) is 2.36. The molecule has 0 bridgehead atoms. The quantitative estimate of drug-likeness (QED) is 0.628. The fraction of sp³-hybridized carbons (Fsp3) is 0.500. The number of rotatable bonds is 5. The fourth-order valence-electron chi connectivity index (χ4n) is 1.42. The van der Waals surface area contributed by atoms with Crippen LogP contribution in [0.25, 0.3) is 0 Å². The molecule has 0 amide bonds. The minimum atomic E-state index is -0.366. The van der Waals surface area contributed by atoms with Crippen LogP contribution in [0.5, 0.6) is 0 Å². The van der Waals surface area contributed by atoms with E-state index in [1.165, 1.54) is 7.11 Å². The second kappa shape index (κ2) is 5.93. The lowest BCUT2D eigenvalue weighted by Gasteiger charge is -2.33. The van der Waals surface area contributed by atoms with Gasteiger partial charge < -0.3 is 20.7 Å². The minimum absolute atomic E-state index is 0.0201. The van der Waals surface area contributed by atoms with Gasteiger partial charge in [0.1, 0.15) is 0 Å². The van der Waals surface area contributed by atoms with Gasteiger partial charge in [-0.15, -0.1) is 0 Å². The molecule has 0 fully saturated rings. The molecule has 0 aliphatic heterocycles. The number of anilines is 2. The number of nitrogens with one attached hydrogen (secondary N) is 1. The highest BCUT2D eigenvalue weighted by Crippen LogP contribution is 2.22. The molecular weight excluding hydrogens is 242 g/mol. The van der Waals surface area contributed by atoms with Crippen LogP contribution in [-0.4, -0.2) is 44.2 Å². The van der Waals surface area contributed by atoms with Gasteiger partial charge in [-0.25, -0.2) is 4.79 Å².